The van der Waals surface area contributed by atoms with Crippen LogP contribution in [-0.4, -0.2) is 9.13 Å². The summed E-state index contributed by atoms with van der Waals surface area (Å²) < 4.78 is 13.6. The van der Waals surface area contributed by atoms with E-state index in [4.69, 9.17) is 5.73 Å². The van der Waals surface area contributed by atoms with Gasteiger partial charge in [-0.15, -0.1) is 0 Å². The molecule has 2 N–H and O–H groups in total. The zero-order valence-electron chi connectivity index (χ0n) is 10.6. The average Bonchev–Trinajstić information content (AvgIpc) is 2.43. The van der Waals surface area contributed by atoms with Crippen molar-refractivity contribution in [3.05, 3.63) is 61.0 Å². The van der Waals surface area contributed by atoms with Crippen LogP contribution in [0.1, 0.15) is 5.56 Å². The summed E-state index contributed by atoms with van der Waals surface area (Å²) in [5.74, 6) is 0.142. The van der Waals surface area contributed by atoms with E-state index in [1.54, 1.807) is 30.3 Å². The lowest BCUT2D eigenvalue weighted by Gasteiger charge is -2.08. The average molecular weight is 434 g/mol. The van der Waals surface area contributed by atoms with Gasteiger partial charge in [0.25, 0.3) is 5.69 Å². The molecule has 1 unspecified atom stereocenters. The predicted octanol–water partition coefficient (Wildman–Crippen LogP) is 4.01. The summed E-state index contributed by atoms with van der Waals surface area (Å²) in [6.45, 7) is 0. The molecule has 2 aromatic carbocycles. The first-order valence-electron chi connectivity index (χ1n) is 5.75. The normalized spacial score (nSPS) is 12.1. The predicted molar refractivity (Wildman–Crippen MR) is 89.5 cm³/mol. The van der Waals surface area contributed by atoms with Gasteiger partial charge in [0.15, 0.2) is 0 Å². The Kier molecular flexibility index (Phi) is 5.13. The van der Waals surface area contributed by atoms with Crippen LogP contribution in [0.3, 0.4) is 0 Å². The van der Waals surface area contributed by atoms with E-state index >= 15 is 0 Å². The van der Waals surface area contributed by atoms with Crippen LogP contribution in [0.2, 0.25) is 0 Å². The number of rotatable bonds is 4. The summed E-state index contributed by atoms with van der Waals surface area (Å²) in [6.07, 6.45) is 0. The molecule has 1 atom stereocenters. The van der Waals surface area contributed by atoms with Crippen molar-refractivity contribution < 1.29 is 9.13 Å². The zero-order valence-corrected chi connectivity index (χ0v) is 14.6. The van der Waals surface area contributed by atoms with Crippen molar-refractivity contribution in [2.24, 2.45) is 0 Å². The fourth-order valence-corrected chi connectivity index (χ4v) is 4.26. The topological polar surface area (TPSA) is 86.2 Å². The second-order valence-corrected chi connectivity index (χ2v) is 7.31. The Bertz CT molecular complexity index is 737. The number of nitrogen functional groups attached to an aromatic ring is 1. The summed E-state index contributed by atoms with van der Waals surface area (Å²) in [7, 11) is -1.40. The van der Waals surface area contributed by atoms with E-state index in [1.165, 1.54) is 6.07 Å². The Hall–Kier alpha value is -1.25. The van der Waals surface area contributed by atoms with E-state index in [9.17, 15) is 14.3 Å². The van der Waals surface area contributed by atoms with Gasteiger partial charge in [-0.3, -0.25) is 14.3 Å². The third-order valence-electron chi connectivity index (χ3n) is 2.76. The third-order valence-corrected chi connectivity index (χ3v) is 5.59. The molecule has 110 valence electrons. The Morgan fingerprint density at radius 2 is 1.95 bits per heavy atom. The van der Waals surface area contributed by atoms with Crippen molar-refractivity contribution in [1.82, 2.24) is 0 Å². The minimum atomic E-state index is -1.40. The molecule has 0 fully saturated rings. The van der Waals surface area contributed by atoms with Crippen LogP contribution in [-0.2, 0) is 16.6 Å². The molecule has 0 radical (unpaired) electrons. The number of nitrogens with two attached hydrogens (primary N) is 1. The number of hydrogen-bond donors (Lipinski definition) is 1. The minimum Gasteiger partial charge on any atom is -0.398 e. The highest BCUT2D eigenvalue weighted by molar-refractivity contribution is 9.11. The second kappa shape index (κ2) is 6.67. The molecular formula is C13H10Br2N2O3S. The van der Waals surface area contributed by atoms with Crippen LogP contribution >= 0.6 is 31.9 Å². The zero-order chi connectivity index (χ0) is 15.6. The molecule has 0 spiro atoms. The third kappa shape index (κ3) is 3.69. The number of nitro groups is 1. The highest BCUT2D eigenvalue weighted by Gasteiger charge is 2.17. The van der Waals surface area contributed by atoms with Crippen LogP contribution in [0.25, 0.3) is 0 Å². The van der Waals surface area contributed by atoms with Crippen LogP contribution < -0.4 is 5.73 Å². The summed E-state index contributed by atoms with van der Waals surface area (Å²) in [4.78, 5) is 10.9. The number of halogens is 2. The second-order valence-electron chi connectivity index (χ2n) is 4.18. The van der Waals surface area contributed by atoms with Gasteiger partial charge in [0.1, 0.15) is 0 Å². The van der Waals surface area contributed by atoms with Gasteiger partial charge in [0, 0.05) is 16.2 Å². The van der Waals surface area contributed by atoms with Crippen LogP contribution in [0.4, 0.5) is 11.4 Å². The van der Waals surface area contributed by atoms with Crippen molar-refractivity contribution in [1.29, 1.82) is 0 Å². The van der Waals surface area contributed by atoms with Crippen molar-refractivity contribution in [2.45, 2.75) is 10.6 Å². The minimum absolute atomic E-state index is 0.0493. The molecule has 0 aliphatic heterocycles. The summed E-state index contributed by atoms with van der Waals surface area (Å²) in [5.41, 5.74) is 6.80. The quantitative estimate of drug-likeness (QED) is 0.448. The Morgan fingerprint density at radius 3 is 2.62 bits per heavy atom. The molecule has 0 aliphatic rings. The molecule has 0 bridgehead atoms. The molecule has 8 heteroatoms. The molecule has 2 aromatic rings. The molecule has 2 rings (SSSR count). The fraction of sp³-hybridized carbons (Fsp3) is 0.0769. The molecule has 0 saturated heterocycles. The van der Waals surface area contributed by atoms with E-state index in [0.717, 1.165) is 4.47 Å². The Labute approximate surface area is 140 Å². The monoisotopic (exact) mass is 432 g/mol. The Balaban J connectivity index is 2.34. The molecule has 0 heterocycles. The number of anilines is 1. The van der Waals surface area contributed by atoms with Gasteiger partial charge in [-0.2, -0.15) is 0 Å². The smallest absolute Gasteiger partial charge is 0.283 e. The van der Waals surface area contributed by atoms with E-state index in [1.807, 2.05) is 0 Å². The highest BCUT2D eigenvalue weighted by atomic mass is 79.9. The number of hydrogen-bond acceptors (Lipinski definition) is 4. The standard InChI is InChI=1S/C13H10Br2N2O3S/c14-9-4-5-10(16)12(6-9)21(20)7-8-2-1-3-11(13(8)15)17(18)19/h1-6H,7,16H2. The van der Waals surface area contributed by atoms with Gasteiger partial charge in [-0.05, 0) is 39.7 Å². The summed E-state index contributed by atoms with van der Waals surface area (Å²) in [5, 5.41) is 10.9. The SMILES string of the molecule is Nc1ccc(Br)cc1S(=O)Cc1cccc([N+](=O)[O-])c1Br. The maximum Gasteiger partial charge on any atom is 0.283 e. The van der Waals surface area contributed by atoms with Crippen LogP contribution in [0.5, 0.6) is 0 Å². The Morgan fingerprint density at radius 1 is 1.24 bits per heavy atom. The number of nitrogens with zero attached hydrogens (tertiary/aromatic N) is 1. The van der Waals surface area contributed by atoms with E-state index in [0.29, 0.717) is 20.6 Å². The summed E-state index contributed by atoms with van der Waals surface area (Å²) >= 11 is 6.51. The van der Waals surface area contributed by atoms with E-state index in [-0.39, 0.29) is 11.4 Å². The van der Waals surface area contributed by atoms with Gasteiger partial charge in [0.2, 0.25) is 0 Å². The van der Waals surface area contributed by atoms with Crippen molar-refractivity contribution >= 4 is 54.0 Å². The largest absolute Gasteiger partial charge is 0.398 e. The van der Waals surface area contributed by atoms with E-state index in [2.05, 4.69) is 31.9 Å². The maximum atomic E-state index is 12.4. The highest BCUT2D eigenvalue weighted by Crippen LogP contribution is 2.31. The van der Waals surface area contributed by atoms with Gasteiger partial charge in [0.05, 0.1) is 30.8 Å². The van der Waals surface area contributed by atoms with Gasteiger partial charge in [-0.1, -0.05) is 28.1 Å². The first-order valence-corrected chi connectivity index (χ1v) is 8.66. The van der Waals surface area contributed by atoms with Crippen molar-refractivity contribution in [3.63, 3.8) is 0 Å². The lowest BCUT2D eigenvalue weighted by molar-refractivity contribution is -0.385. The van der Waals surface area contributed by atoms with Crippen molar-refractivity contribution in [3.8, 4) is 0 Å². The number of benzene rings is 2. The molecule has 0 saturated carbocycles. The molecule has 0 aliphatic carbocycles. The van der Waals surface area contributed by atoms with E-state index < -0.39 is 15.7 Å². The van der Waals surface area contributed by atoms with Gasteiger partial charge < -0.3 is 5.73 Å². The number of nitro benzene ring substituents is 1. The molecular weight excluding hydrogens is 424 g/mol. The lowest BCUT2D eigenvalue weighted by Crippen LogP contribution is -2.02. The molecule has 0 amide bonds. The van der Waals surface area contributed by atoms with Crippen molar-refractivity contribution in [2.75, 3.05) is 5.73 Å². The van der Waals surface area contributed by atoms with Crippen LogP contribution in [0, 0.1) is 10.1 Å². The van der Waals surface area contributed by atoms with Gasteiger partial charge >= 0.3 is 0 Å². The van der Waals surface area contributed by atoms with Crippen LogP contribution in [0.15, 0.2) is 50.2 Å². The summed E-state index contributed by atoms with van der Waals surface area (Å²) in [6, 6.07) is 9.78. The molecule has 21 heavy (non-hydrogen) atoms. The molecule has 0 aromatic heterocycles. The molecule has 5 nitrogen and oxygen atoms in total. The lowest BCUT2D eigenvalue weighted by atomic mass is 10.2. The first kappa shape index (κ1) is 16.1. The fourth-order valence-electron chi connectivity index (χ4n) is 1.74. The maximum absolute atomic E-state index is 12.4. The van der Waals surface area contributed by atoms with Gasteiger partial charge in [-0.25, -0.2) is 0 Å². The first-order chi connectivity index (χ1) is 9.90.